The van der Waals surface area contributed by atoms with Gasteiger partial charge in [0.25, 0.3) is 0 Å². The molecule has 0 aromatic heterocycles. The third-order valence-corrected chi connectivity index (χ3v) is 6.83. The molecule has 212 valence electrons. The summed E-state index contributed by atoms with van der Waals surface area (Å²) < 4.78 is 0. The van der Waals surface area contributed by atoms with Crippen LogP contribution < -0.4 is 21.3 Å². The molecule has 38 heavy (non-hydrogen) atoms. The molecule has 4 heterocycles. The van der Waals surface area contributed by atoms with Crippen LogP contribution in [0.25, 0.3) is 0 Å². The molecule has 2 aromatic rings. The minimum Gasteiger partial charge on any atom is -0.392 e. The van der Waals surface area contributed by atoms with E-state index in [0.29, 0.717) is 13.1 Å². The summed E-state index contributed by atoms with van der Waals surface area (Å²) in [6, 6.07) is 17.6. The molecular weight excluding hydrogens is 476 g/mol. The van der Waals surface area contributed by atoms with Crippen molar-refractivity contribution in [3.8, 4) is 0 Å². The Morgan fingerprint density at radius 3 is 0.974 bits per heavy atom. The number of nitrogens with one attached hydrogen (secondary N) is 4. The molecule has 4 bridgehead atoms. The average molecular weight is 527 g/mol. The summed E-state index contributed by atoms with van der Waals surface area (Å²) in [6.45, 7) is 15.6. The third kappa shape index (κ3) is 12.8. The molecule has 6 N–H and O–H groups in total. The SMILES string of the molecule is CC(O)CN1CCNCc2ccc(cc2)CNCCN(CC(C)O)CCNCc2ccc(cc2)CNCC1. The Labute approximate surface area is 229 Å². The van der Waals surface area contributed by atoms with Crippen LogP contribution in [0.5, 0.6) is 0 Å². The number of aliphatic hydroxyl groups is 2. The van der Waals surface area contributed by atoms with Crippen molar-refractivity contribution >= 4 is 0 Å². The summed E-state index contributed by atoms with van der Waals surface area (Å²) in [4.78, 5) is 4.64. The molecule has 0 amide bonds. The Bertz CT molecular complexity index is 740. The smallest absolute Gasteiger partial charge is 0.0639 e. The highest BCUT2D eigenvalue weighted by atomic mass is 16.3. The van der Waals surface area contributed by atoms with E-state index in [2.05, 4.69) is 79.6 Å². The van der Waals surface area contributed by atoms with Gasteiger partial charge in [0.05, 0.1) is 12.2 Å². The maximum absolute atomic E-state index is 9.93. The number of nitrogens with zero attached hydrogens (tertiary/aromatic N) is 2. The van der Waals surface area contributed by atoms with Crippen LogP contribution in [0.3, 0.4) is 0 Å². The van der Waals surface area contributed by atoms with Gasteiger partial charge >= 0.3 is 0 Å². The topological polar surface area (TPSA) is 95.1 Å². The highest BCUT2D eigenvalue weighted by molar-refractivity contribution is 5.23. The fraction of sp³-hybridized carbons (Fsp3) is 0.600. The maximum Gasteiger partial charge on any atom is 0.0639 e. The Hall–Kier alpha value is -1.88. The van der Waals surface area contributed by atoms with Crippen LogP contribution in [0.2, 0.25) is 0 Å². The monoisotopic (exact) mass is 526 g/mol. The average Bonchev–Trinajstić information content (AvgIpc) is 2.89. The van der Waals surface area contributed by atoms with Gasteiger partial charge in [-0.25, -0.2) is 0 Å². The standard InChI is InChI=1S/C30H50N6O2/c1-25(37)23-35-15-11-31-19-27-3-7-29(8-4-27)21-33-13-17-36(24-26(2)38)18-14-34-22-30-9-5-28(6-10-30)20-32-12-16-35/h3-10,25-26,31-34,37-38H,11-24H2,1-2H3. The van der Waals surface area contributed by atoms with Gasteiger partial charge in [-0.1, -0.05) is 48.5 Å². The number of hydrogen-bond donors (Lipinski definition) is 6. The molecule has 2 aromatic carbocycles. The summed E-state index contributed by atoms with van der Waals surface area (Å²) in [5.74, 6) is 0. The first kappa shape index (κ1) is 30.7. The summed E-state index contributed by atoms with van der Waals surface area (Å²) in [5, 5.41) is 34.1. The van der Waals surface area contributed by atoms with Crippen molar-refractivity contribution in [1.29, 1.82) is 0 Å². The van der Waals surface area contributed by atoms with Gasteiger partial charge in [-0.15, -0.1) is 0 Å². The zero-order valence-corrected chi connectivity index (χ0v) is 23.5. The molecule has 0 fully saturated rings. The second-order valence-electron chi connectivity index (χ2n) is 10.6. The number of hydrogen-bond acceptors (Lipinski definition) is 8. The largest absolute Gasteiger partial charge is 0.392 e. The van der Waals surface area contributed by atoms with Crippen LogP contribution in [0.15, 0.2) is 48.5 Å². The maximum atomic E-state index is 9.93. The quantitative estimate of drug-likeness (QED) is 0.353. The summed E-state index contributed by atoms with van der Waals surface area (Å²) in [5.41, 5.74) is 5.11. The molecule has 4 aliphatic heterocycles. The minimum atomic E-state index is -0.334. The van der Waals surface area contributed by atoms with E-state index >= 15 is 0 Å². The second-order valence-corrected chi connectivity index (χ2v) is 10.6. The van der Waals surface area contributed by atoms with Crippen molar-refractivity contribution in [2.75, 3.05) is 65.4 Å². The number of rotatable bonds is 4. The Kier molecular flexibility index (Phi) is 14.2. The van der Waals surface area contributed by atoms with E-state index < -0.39 is 0 Å². The Morgan fingerprint density at radius 1 is 0.526 bits per heavy atom. The first-order valence-electron chi connectivity index (χ1n) is 14.3. The van der Waals surface area contributed by atoms with E-state index in [0.717, 1.165) is 78.5 Å². The van der Waals surface area contributed by atoms with E-state index in [9.17, 15) is 10.2 Å². The fourth-order valence-corrected chi connectivity index (χ4v) is 4.77. The van der Waals surface area contributed by atoms with E-state index in [-0.39, 0.29) is 12.2 Å². The molecule has 0 spiro atoms. The lowest BCUT2D eigenvalue weighted by Crippen LogP contribution is -2.40. The normalized spacial score (nSPS) is 20.3. The van der Waals surface area contributed by atoms with E-state index in [1.54, 1.807) is 0 Å². The lowest BCUT2D eigenvalue weighted by atomic mass is 10.1. The molecule has 8 nitrogen and oxygen atoms in total. The first-order valence-corrected chi connectivity index (χ1v) is 14.3. The Balaban J connectivity index is 1.57. The van der Waals surface area contributed by atoms with Crippen molar-refractivity contribution in [3.63, 3.8) is 0 Å². The lowest BCUT2D eigenvalue weighted by molar-refractivity contribution is 0.127. The van der Waals surface area contributed by atoms with Crippen molar-refractivity contribution in [2.24, 2.45) is 0 Å². The van der Waals surface area contributed by atoms with Crippen LogP contribution in [0.1, 0.15) is 36.1 Å². The molecular formula is C30H50N6O2. The van der Waals surface area contributed by atoms with E-state index in [1.807, 2.05) is 13.8 Å². The third-order valence-electron chi connectivity index (χ3n) is 6.83. The molecule has 4 aliphatic rings. The van der Waals surface area contributed by atoms with Crippen LogP contribution in [-0.4, -0.2) is 97.7 Å². The van der Waals surface area contributed by atoms with E-state index in [1.165, 1.54) is 22.3 Å². The van der Waals surface area contributed by atoms with Gasteiger partial charge in [0, 0.05) is 91.6 Å². The number of aliphatic hydroxyl groups excluding tert-OH is 2. The van der Waals surface area contributed by atoms with Crippen molar-refractivity contribution in [2.45, 2.75) is 52.2 Å². The highest BCUT2D eigenvalue weighted by Gasteiger charge is 2.09. The zero-order chi connectivity index (χ0) is 27.0. The van der Waals surface area contributed by atoms with Crippen LogP contribution in [-0.2, 0) is 26.2 Å². The predicted octanol–water partition coefficient (Wildman–Crippen LogP) is 1.12. The van der Waals surface area contributed by atoms with Crippen molar-refractivity contribution < 1.29 is 10.2 Å². The van der Waals surface area contributed by atoms with Gasteiger partial charge in [-0.2, -0.15) is 0 Å². The predicted molar refractivity (Wildman–Crippen MR) is 156 cm³/mol. The van der Waals surface area contributed by atoms with Crippen LogP contribution in [0, 0.1) is 0 Å². The molecule has 6 rings (SSSR count). The molecule has 2 atom stereocenters. The Morgan fingerprint density at radius 2 is 0.763 bits per heavy atom. The van der Waals surface area contributed by atoms with E-state index in [4.69, 9.17) is 0 Å². The van der Waals surface area contributed by atoms with Gasteiger partial charge in [0.15, 0.2) is 0 Å². The van der Waals surface area contributed by atoms with Crippen LogP contribution >= 0.6 is 0 Å². The fourth-order valence-electron chi connectivity index (χ4n) is 4.77. The number of benzene rings is 2. The van der Waals surface area contributed by atoms with Gasteiger partial charge in [-0.05, 0) is 36.1 Å². The highest BCUT2D eigenvalue weighted by Crippen LogP contribution is 2.06. The molecule has 0 aliphatic carbocycles. The van der Waals surface area contributed by atoms with Crippen molar-refractivity contribution in [1.82, 2.24) is 31.1 Å². The summed E-state index contributed by atoms with van der Waals surface area (Å²) in [7, 11) is 0. The zero-order valence-electron chi connectivity index (χ0n) is 23.5. The first-order chi connectivity index (χ1) is 18.5. The molecule has 8 heteroatoms. The summed E-state index contributed by atoms with van der Waals surface area (Å²) in [6.07, 6.45) is -0.669. The van der Waals surface area contributed by atoms with Crippen molar-refractivity contribution in [3.05, 3.63) is 70.8 Å². The molecule has 0 saturated carbocycles. The molecule has 0 radical (unpaired) electrons. The van der Waals surface area contributed by atoms with Gasteiger partial charge in [-0.3, -0.25) is 9.80 Å². The van der Waals surface area contributed by atoms with Gasteiger partial charge in [0.2, 0.25) is 0 Å². The second kappa shape index (κ2) is 17.7. The van der Waals surface area contributed by atoms with Gasteiger partial charge < -0.3 is 31.5 Å². The minimum absolute atomic E-state index is 0.334. The van der Waals surface area contributed by atoms with Crippen LogP contribution in [0.4, 0.5) is 0 Å². The molecule has 0 saturated heterocycles. The molecule has 2 unspecified atom stereocenters. The lowest BCUT2D eigenvalue weighted by Gasteiger charge is -2.24. The summed E-state index contributed by atoms with van der Waals surface area (Å²) >= 11 is 0. The van der Waals surface area contributed by atoms with Gasteiger partial charge in [0.1, 0.15) is 0 Å².